The van der Waals surface area contributed by atoms with E-state index in [1.54, 1.807) is 0 Å². The maximum Gasteiger partial charge on any atom is 0.185 e. The molecule has 0 aliphatic carbocycles. The lowest BCUT2D eigenvalue weighted by molar-refractivity contribution is 0.313. The molecule has 3 heteroatoms. The molecule has 0 fully saturated rings. The monoisotopic (exact) mass is 142 g/mol. The fraction of sp³-hybridized carbons (Fsp3) is 0.857. The summed E-state index contributed by atoms with van der Waals surface area (Å²) in [6.45, 7) is 4.71. The van der Waals surface area contributed by atoms with E-state index < -0.39 is 0 Å². The van der Waals surface area contributed by atoms with Crippen LogP contribution in [0.5, 0.6) is 0 Å². The highest BCUT2D eigenvalue weighted by molar-refractivity contribution is 5.78. The summed E-state index contributed by atoms with van der Waals surface area (Å²) in [6.07, 6.45) is 0.768. The van der Waals surface area contributed by atoms with Gasteiger partial charge in [0.05, 0.1) is 6.04 Å². The Labute approximate surface area is 61.3 Å². The number of hydrogen-bond acceptors (Lipinski definition) is 3. The minimum atomic E-state index is 0.157. The van der Waals surface area contributed by atoms with Crippen molar-refractivity contribution >= 4 is 5.90 Å². The summed E-state index contributed by atoms with van der Waals surface area (Å²) in [5.41, 5.74) is 5.56. The highest BCUT2D eigenvalue weighted by atomic mass is 16.5. The van der Waals surface area contributed by atoms with Crippen LogP contribution in [-0.4, -0.2) is 24.6 Å². The smallest absolute Gasteiger partial charge is 0.185 e. The van der Waals surface area contributed by atoms with Crippen LogP contribution in [0.25, 0.3) is 0 Å². The van der Waals surface area contributed by atoms with Gasteiger partial charge in [-0.15, -0.1) is 0 Å². The van der Waals surface area contributed by atoms with Crippen LogP contribution in [-0.2, 0) is 4.74 Å². The maximum absolute atomic E-state index is 5.56. The van der Waals surface area contributed by atoms with Crippen molar-refractivity contribution in [1.29, 1.82) is 0 Å². The van der Waals surface area contributed by atoms with E-state index in [1.807, 2.05) is 13.8 Å². The van der Waals surface area contributed by atoms with Crippen molar-refractivity contribution in [2.75, 3.05) is 6.61 Å². The van der Waals surface area contributed by atoms with Crippen molar-refractivity contribution in [2.24, 2.45) is 10.7 Å². The van der Waals surface area contributed by atoms with Crippen LogP contribution < -0.4 is 5.73 Å². The van der Waals surface area contributed by atoms with Gasteiger partial charge in [-0.2, -0.15) is 0 Å². The highest BCUT2D eigenvalue weighted by Gasteiger charge is 2.14. The van der Waals surface area contributed by atoms with Gasteiger partial charge in [0, 0.05) is 12.5 Å². The topological polar surface area (TPSA) is 47.6 Å². The Bertz CT molecular complexity index is 143. The molecule has 0 radical (unpaired) electrons. The van der Waals surface area contributed by atoms with Crippen LogP contribution in [0.4, 0.5) is 0 Å². The zero-order chi connectivity index (χ0) is 7.56. The molecule has 1 aliphatic heterocycles. The summed E-state index contributed by atoms with van der Waals surface area (Å²) in [5.74, 6) is 0.822. The van der Waals surface area contributed by atoms with Crippen molar-refractivity contribution in [3.8, 4) is 0 Å². The van der Waals surface area contributed by atoms with Crippen molar-refractivity contribution in [1.82, 2.24) is 0 Å². The third kappa shape index (κ3) is 1.99. The van der Waals surface area contributed by atoms with Crippen LogP contribution >= 0.6 is 0 Å². The average molecular weight is 142 g/mol. The van der Waals surface area contributed by atoms with E-state index in [2.05, 4.69) is 4.99 Å². The minimum absolute atomic E-state index is 0.157. The van der Waals surface area contributed by atoms with Gasteiger partial charge < -0.3 is 10.5 Å². The molecule has 10 heavy (non-hydrogen) atoms. The second kappa shape index (κ2) is 3.01. The molecular formula is C7H14N2O. The molecule has 1 rings (SSSR count). The molecule has 1 aliphatic rings. The van der Waals surface area contributed by atoms with E-state index in [0.29, 0.717) is 6.04 Å². The second-order valence-corrected chi connectivity index (χ2v) is 2.86. The van der Waals surface area contributed by atoms with Crippen LogP contribution in [0.3, 0.4) is 0 Å². The van der Waals surface area contributed by atoms with Crippen LogP contribution in [0.15, 0.2) is 4.99 Å². The van der Waals surface area contributed by atoms with Gasteiger partial charge in [-0.3, -0.25) is 0 Å². The molecule has 0 saturated carbocycles. The lowest BCUT2D eigenvalue weighted by Crippen LogP contribution is -2.19. The van der Waals surface area contributed by atoms with E-state index in [9.17, 15) is 0 Å². The number of nitrogens with two attached hydrogens (primary N) is 1. The Morgan fingerprint density at radius 1 is 1.90 bits per heavy atom. The summed E-state index contributed by atoms with van der Waals surface area (Å²) in [6, 6.07) is 0.484. The predicted molar refractivity (Wildman–Crippen MR) is 41.1 cm³/mol. The number of aliphatic imine (C=N–C) groups is 1. The van der Waals surface area contributed by atoms with E-state index in [0.717, 1.165) is 18.9 Å². The summed E-state index contributed by atoms with van der Waals surface area (Å²) in [7, 11) is 0. The van der Waals surface area contributed by atoms with E-state index in [-0.39, 0.29) is 6.04 Å². The molecule has 0 amide bonds. The van der Waals surface area contributed by atoms with Crippen LogP contribution in [0.1, 0.15) is 20.3 Å². The fourth-order valence-corrected chi connectivity index (χ4v) is 0.924. The lowest BCUT2D eigenvalue weighted by atomic mass is 10.2. The second-order valence-electron chi connectivity index (χ2n) is 2.86. The Morgan fingerprint density at radius 3 is 3.00 bits per heavy atom. The SMILES string of the molecule is CC(N)CC1=NC(C)CO1. The van der Waals surface area contributed by atoms with Crippen LogP contribution in [0.2, 0.25) is 0 Å². The Hall–Kier alpha value is -0.570. The quantitative estimate of drug-likeness (QED) is 0.611. The molecule has 0 aromatic carbocycles. The highest BCUT2D eigenvalue weighted by Crippen LogP contribution is 2.06. The normalized spacial score (nSPS) is 27.5. The maximum atomic E-state index is 5.56. The van der Waals surface area contributed by atoms with Gasteiger partial charge in [0.2, 0.25) is 0 Å². The fourth-order valence-electron chi connectivity index (χ4n) is 0.924. The molecule has 3 nitrogen and oxygen atoms in total. The largest absolute Gasteiger partial charge is 0.479 e. The van der Waals surface area contributed by atoms with E-state index in [4.69, 9.17) is 10.5 Å². The Kier molecular flexibility index (Phi) is 2.27. The first-order chi connectivity index (χ1) is 4.68. The molecule has 0 bridgehead atoms. The molecule has 2 unspecified atom stereocenters. The molecular weight excluding hydrogens is 128 g/mol. The van der Waals surface area contributed by atoms with E-state index >= 15 is 0 Å². The van der Waals surface area contributed by atoms with Gasteiger partial charge in [0.1, 0.15) is 6.61 Å². The molecule has 0 spiro atoms. The number of ether oxygens (including phenoxy) is 1. The van der Waals surface area contributed by atoms with Crippen molar-refractivity contribution in [3.05, 3.63) is 0 Å². The Morgan fingerprint density at radius 2 is 2.60 bits per heavy atom. The Balaban J connectivity index is 2.35. The van der Waals surface area contributed by atoms with Gasteiger partial charge in [0.15, 0.2) is 5.90 Å². The van der Waals surface area contributed by atoms with E-state index in [1.165, 1.54) is 0 Å². The molecule has 2 atom stereocenters. The average Bonchev–Trinajstić information content (AvgIpc) is 2.13. The van der Waals surface area contributed by atoms with Crippen LogP contribution in [0, 0.1) is 0 Å². The molecule has 2 N–H and O–H groups in total. The van der Waals surface area contributed by atoms with Gasteiger partial charge in [-0.1, -0.05) is 0 Å². The summed E-state index contributed by atoms with van der Waals surface area (Å²) in [5, 5.41) is 0. The predicted octanol–water partition coefficient (Wildman–Crippen LogP) is 0.541. The molecule has 0 aromatic rings. The molecule has 0 saturated heterocycles. The summed E-state index contributed by atoms with van der Waals surface area (Å²) >= 11 is 0. The third-order valence-corrected chi connectivity index (χ3v) is 1.35. The number of rotatable bonds is 2. The first-order valence-electron chi connectivity index (χ1n) is 3.63. The van der Waals surface area contributed by atoms with Crippen molar-refractivity contribution in [2.45, 2.75) is 32.4 Å². The first kappa shape index (κ1) is 7.54. The molecule has 1 heterocycles. The minimum Gasteiger partial charge on any atom is -0.479 e. The zero-order valence-corrected chi connectivity index (χ0v) is 6.50. The number of hydrogen-bond donors (Lipinski definition) is 1. The standard InChI is InChI=1S/C7H14N2O/c1-5(8)3-7-9-6(2)4-10-7/h5-6H,3-4,8H2,1-2H3. The third-order valence-electron chi connectivity index (χ3n) is 1.35. The summed E-state index contributed by atoms with van der Waals surface area (Å²) in [4.78, 5) is 4.24. The van der Waals surface area contributed by atoms with Crippen molar-refractivity contribution < 1.29 is 4.74 Å². The zero-order valence-electron chi connectivity index (χ0n) is 6.50. The number of nitrogens with zero attached hydrogens (tertiary/aromatic N) is 1. The van der Waals surface area contributed by atoms with Gasteiger partial charge >= 0.3 is 0 Å². The van der Waals surface area contributed by atoms with Gasteiger partial charge in [-0.05, 0) is 13.8 Å². The molecule has 58 valence electrons. The molecule has 0 aromatic heterocycles. The van der Waals surface area contributed by atoms with Gasteiger partial charge in [-0.25, -0.2) is 4.99 Å². The van der Waals surface area contributed by atoms with Crippen molar-refractivity contribution in [3.63, 3.8) is 0 Å². The van der Waals surface area contributed by atoms with Gasteiger partial charge in [0.25, 0.3) is 0 Å². The lowest BCUT2D eigenvalue weighted by Gasteiger charge is -2.02. The summed E-state index contributed by atoms with van der Waals surface area (Å²) < 4.78 is 5.25. The first-order valence-corrected chi connectivity index (χ1v) is 3.63.